The van der Waals surface area contributed by atoms with E-state index in [2.05, 4.69) is 47.1 Å². The highest BCUT2D eigenvalue weighted by molar-refractivity contribution is 5.85. The number of carbonyl (C=O) groups excluding carboxylic acids is 1. The van der Waals surface area contributed by atoms with E-state index in [1.165, 1.54) is 5.56 Å². The number of amides is 1. The molecule has 160 valence electrons. The average Bonchev–Trinajstić information content (AvgIpc) is 2.69. The van der Waals surface area contributed by atoms with E-state index in [0.717, 1.165) is 39.2 Å². The second-order valence-corrected chi connectivity index (χ2v) is 7.38. The number of morpholine rings is 1. The zero-order chi connectivity index (χ0) is 18.2. The molecule has 2 saturated heterocycles. The predicted molar refractivity (Wildman–Crippen MR) is 116 cm³/mol. The molecule has 1 aromatic carbocycles. The molecule has 1 aromatic rings. The monoisotopic (exact) mass is 433 g/mol. The fourth-order valence-corrected chi connectivity index (χ4v) is 3.73. The Bertz CT molecular complexity index is 565. The minimum atomic E-state index is -0.125. The average molecular weight is 434 g/mol. The van der Waals surface area contributed by atoms with Crippen LogP contribution in [0.15, 0.2) is 30.3 Å². The molecule has 0 aliphatic carbocycles. The first-order valence-electron chi connectivity index (χ1n) is 9.65. The molecule has 2 unspecified atom stereocenters. The molecule has 2 fully saturated rings. The normalized spacial score (nSPS) is 22.2. The summed E-state index contributed by atoms with van der Waals surface area (Å²) in [5.41, 5.74) is 1.13. The lowest BCUT2D eigenvalue weighted by atomic mass is 9.88. The quantitative estimate of drug-likeness (QED) is 0.614. The zero-order valence-corrected chi connectivity index (χ0v) is 18.1. The first kappa shape index (κ1) is 25.1. The molecule has 2 aliphatic heterocycles. The lowest BCUT2D eigenvalue weighted by molar-refractivity contribution is -0.122. The molecule has 2 heterocycles. The molecule has 8 heteroatoms. The van der Waals surface area contributed by atoms with Crippen LogP contribution in [0.4, 0.5) is 0 Å². The summed E-state index contributed by atoms with van der Waals surface area (Å²) in [6, 6.07) is 10.8. The lowest BCUT2D eigenvalue weighted by Gasteiger charge is -2.40. The van der Waals surface area contributed by atoms with Gasteiger partial charge in [0.1, 0.15) is 0 Å². The third-order valence-electron chi connectivity index (χ3n) is 5.33. The van der Waals surface area contributed by atoms with Crippen LogP contribution in [-0.4, -0.2) is 57.0 Å². The molecule has 3 N–H and O–H groups in total. The summed E-state index contributed by atoms with van der Waals surface area (Å²) >= 11 is 0. The molecule has 0 spiro atoms. The summed E-state index contributed by atoms with van der Waals surface area (Å²) in [6.07, 6.45) is 2.26. The van der Waals surface area contributed by atoms with E-state index in [1.807, 2.05) is 6.07 Å². The van der Waals surface area contributed by atoms with Crippen LogP contribution in [0.3, 0.4) is 0 Å². The van der Waals surface area contributed by atoms with Crippen LogP contribution in [0.2, 0.25) is 0 Å². The fraction of sp³-hybridized carbons (Fsp3) is 0.650. The summed E-state index contributed by atoms with van der Waals surface area (Å²) in [6.45, 7) is 6.40. The highest BCUT2D eigenvalue weighted by atomic mass is 35.5. The Hall–Kier alpha value is -0.890. The van der Waals surface area contributed by atoms with Gasteiger partial charge in [0.05, 0.1) is 13.2 Å². The lowest BCUT2D eigenvalue weighted by Crippen LogP contribution is -2.57. The van der Waals surface area contributed by atoms with Crippen LogP contribution in [-0.2, 0) is 14.3 Å². The van der Waals surface area contributed by atoms with Gasteiger partial charge in [-0.3, -0.25) is 4.79 Å². The van der Waals surface area contributed by atoms with E-state index in [4.69, 9.17) is 9.47 Å². The molecule has 2 aliphatic rings. The van der Waals surface area contributed by atoms with Gasteiger partial charge in [-0.05, 0) is 25.3 Å². The van der Waals surface area contributed by atoms with Crippen LogP contribution in [0.1, 0.15) is 37.8 Å². The Kier molecular flexibility index (Phi) is 11.3. The fourth-order valence-electron chi connectivity index (χ4n) is 3.73. The zero-order valence-electron chi connectivity index (χ0n) is 16.4. The first-order valence-corrected chi connectivity index (χ1v) is 9.65. The molecule has 2 atom stereocenters. The maximum absolute atomic E-state index is 12.4. The Morgan fingerprint density at radius 1 is 1.18 bits per heavy atom. The number of hydrogen-bond acceptors (Lipinski definition) is 5. The molecule has 6 nitrogen and oxygen atoms in total. The van der Waals surface area contributed by atoms with E-state index in [0.29, 0.717) is 19.6 Å². The van der Waals surface area contributed by atoms with Gasteiger partial charge < -0.3 is 25.4 Å². The summed E-state index contributed by atoms with van der Waals surface area (Å²) in [5.74, 6) is 0.0769. The first-order chi connectivity index (χ1) is 12.7. The maximum Gasteiger partial charge on any atom is 0.221 e. The molecule has 0 saturated carbocycles. The highest BCUT2D eigenvalue weighted by Crippen LogP contribution is 2.25. The molecular weight excluding hydrogens is 401 g/mol. The van der Waals surface area contributed by atoms with Crippen LogP contribution < -0.4 is 16.0 Å². The number of hydrogen-bond donors (Lipinski definition) is 3. The van der Waals surface area contributed by atoms with Crippen LogP contribution >= 0.6 is 24.8 Å². The molecule has 1 amide bonds. The number of nitrogens with one attached hydrogen (secondary N) is 3. The van der Waals surface area contributed by atoms with Gasteiger partial charge in [-0.2, -0.15) is 0 Å². The van der Waals surface area contributed by atoms with Crippen molar-refractivity contribution in [3.63, 3.8) is 0 Å². The van der Waals surface area contributed by atoms with Gasteiger partial charge in [-0.25, -0.2) is 0 Å². The Morgan fingerprint density at radius 2 is 1.89 bits per heavy atom. The third kappa shape index (κ3) is 7.50. The van der Waals surface area contributed by atoms with E-state index >= 15 is 0 Å². The number of benzene rings is 1. The van der Waals surface area contributed by atoms with Gasteiger partial charge in [0.15, 0.2) is 0 Å². The number of carbonyl (C=O) groups is 1. The van der Waals surface area contributed by atoms with Gasteiger partial charge in [0.25, 0.3) is 0 Å². The Morgan fingerprint density at radius 3 is 2.54 bits per heavy atom. The topological polar surface area (TPSA) is 71.6 Å². The van der Waals surface area contributed by atoms with Gasteiger partial charge in [-0.1, -0.05) is 30.3 Å². The van der Waals surface area contributed by atoms with E-state index in [-0.39, 0.29) is 48.3 Å². The van der Waals surface area contributed by atoms with Gasteiger partial charge >= 0.3 is 0 Å². The third-order valence-corrected chi connectivity index (χ3v) is 5.33. The summed E-state index contributed by atoms with van der Waals surface area (Å²) in [7, 11) is 0. The SMILES string of the molecule is CC(NC1(CNC(=O)CC2COCCN2)CCOCC1)c1ccccc1.Cl.Cl. The molecule has 0 bridgehead atoms. The van der Waals surface area contributed by atoms with Crippen molar-refractivity contribution in [1.29, 1.82) is 0 Å². The molecular formula is C20H33Cl2N3O3. The van der Waals surface area contributed by atoms with Gasteiger partial charge in [-0.15, -0.1) is 24.8 Å². The number of halogens is 2. The van der Waals surface area contributed by atoms with Crippen molar-refractivity contribution in [2.75, 3.05) is 39.5 Å². The van der Waals surface area contributed by atoms with E-state index in [9.17, 15) is 4.79 Å². The van der Waals surface area contributed by atoms with Crippen LogP contribution in [0.25, 0.3) is 0 Å². The highest BCUT2D eigenvalue weighted by Gasteiger charge is 2.34. The van der Waals surface area contributed by atoms with Crippen molar-refractivity contribution >= 4 is 30.7 Å². The minimum Gasteiger partial charge on any atom is -0.381 e. The number of rotatable bonds is 7. The smallest absolute Gasteiger partial charge is 0.221 e. The van der Waals surface area contributed by atoms with Crippen LogP contribution in [0, 0.1) is 0 Å². The number of ether oxygens (including phenoxy) is 2. The van der Waals surface area contributed by atoms with E-state index < -0.39 is 0 Å². The largest absolute Gasteiger partial charge is 0.381 e. The maximum atomic E-state index is 12.4. The van der Waals surface area contributed by atoms with Crippen molar-refractivity contribution in [3.8, 4) is 0 Å². The van der Waals surface area contributed by atoms with Crippen molar-refractivity contribution in [2.45, 2.75) is 43.8 Å². The van der Waals surface area contributed by atoms with Gasteiger partial charge in [0, 0.05) is 50.3 Å². The molecule has 0 radical (unpaired) electrons. The molecule has 28 heavy (non-hydrogen) atoms. The molecule has 0 aromatic heterocycles. The standard InChI is InChI=1S/C20H31N3O3.2ClH/c1-16(17-5-3-2-4-6-17)23-20(7-10-25-11-8-20)15-22-19(24)13-18-14-26-12-9-21-18;;/h2-6,16,18,21,23H,7-15H2,1H3,(H,22,24);2*1H. The van der Waals surface area contributed by atoms with E-state index in [1.54, 1.807) is 0 Å². The Labute approximate surface area is 180 Å². The van der Waals surface area contributed by atoms with Crippen LogP contribution in [0.5, 0.6) is 0 Å². The van der Waals surface area contributed by atoms with Gasteiger partial charge in [0.2, 0.25) is 5.91 Å². The van der Waals surface area contributed by atoms with Crippen molar-refractivity contribution in [2.24, 2.45) is 0 Å². The molecule has 3 rings (SSSR count). The van der Waals surface area contributed by atoms with Crippen molar-refractivity contribution in [3.05, 3.63) is 35.9 Å². The summed E-state index contributed by atoms with van der Waals surface area (Å²) in [5, 5.41) is 10.2. The predicted octanol–water partition coefficient (Wildman–Crippen LogP) is 2.22. The summed E-state index contributed by atoms with van der Waals surface area (Å²) in [4.78, 5) is 12.4. The van der Waals surface area contributed by atoms with Crippen molar-refractivity contribution in [1.82, 2.24) is 16.0 Å². The van der Waals surface area contributed by atoms with Crippen molar-refractivity contribution < 1.29 is 14.3 Å². The summed E-state index contributed by atoms with van der Waals surface area (Å²) < 4.78 is 11.0. The second-order valence-electron chi connectivity index (χ2n) is 7.38. The Balaban J connectivity index is 0.00000196. The second kappa shape index (κ2) is 12.6. The minimum absolute atomic E-state index is 0.